The molecule has 11 aromatic rings. The van der Waals surface area contributed by atoms with Crippen LogP contribution in [0.5, 0.6) is 0 Å². The zero-order valence-electron chi connectivity index (χ0n) is 30.3. The average Bonchev–Trinajstić information content (AvgIpc) is 3.89. The minimum Gasteiger partial charge on any atom is -0.456 e. The van der Waals surface area contributed by atoms with Crippen molar-refractivity contribution in [2.24, 2.45) is 0 Å². The molecule has 0 fully saturated rings. The van der Waals surface area contributed by atoms with E-state index in [1.54, 1.807) is 0 Å². The van der Waals surface area contributed by atoms with Gasteiger partial charge < -0.3 is 13.6 Å². The van der Waals surface area contributed by atoms with Gasteiger partial charge in [0.1, 0.15) is 11.2 Å². The highest BCUT2D eigenvalue weighted by Gasteiger charge is 2.17. The van der Waals surface area contributed by atoms with Crippen molar-refractivity contribution in [3.63, 3.8) is 0 Å². The third-order valence-electron chi connectivity index (χ3n) is 10.7. The molecule has 258 valence electrons. The minimum atomic E-state index is 0.893. The van der Waals surface area contributed by atoms with Crippen LogP contribution in [0.1, 0.15) is 25.0 Å². The molecule has 0 aliphatic rings. The number of hydrogen-bond donors (Lipinski definition) is 0. The van der Waals surface area contributed by atoms with E-state index in [1.165, 1.54) is 65.9 Å². The summed E-state index contributed by atoms with van der Waals surface area (Å²) in [6.07, 6.45) is 0.898. The van der Waals surface area contributed by atoms with E-state index in [2.05, 4.69) is 191 Å². The maximum Gasteiger partial charge on any atom is 0.135 e. The van der Waals surface area contributed by atoms with Crippen LogP contribution in [0.4, 0.5) is 0 Å². The van der Waals surface area contributed by atoms with Crippen LogP contribution in [-0.4, -0.2) is 9.13 Å². The number of hydrogen-bond acceptors (Lipinski definition) is 1. The number of nitrogens with zero attached hydrogens (tertiary/aromatic N) is 2. The van der Waals surface area contributed by atoms with Crippen LogP contribution in [-0.2, 0) is 6.42 Å². The van der Waals surface area contributed by atoms with E-state index < -0.39 is 0 Å². The summed E-state index contributed by atoms with van der Waals surface area (Å²) in [6.45, 7) is 4.00. The van der Waals surface area contributed by atoms with Gasteiger partial charge in [0.2, 0.25) is 0 Å². The Labute approximate surface area is 313 Å². The maximum atomic E-state index is 6.42. The van der Waals surface area contributed by atoms with E-state index in [1.807, 2.05) is 13.8 Å². The first-order valence-electron chi connectivity index (χ1n) is 18.9. The molecule has 0 spiro atoms. The molecule has 0 amide bonds. The Bertz CT molecular complexity index is 3090. The normalized spacial score (nSPS) is 11.6. The molecular weight excluding hydrogens is 657 g/mol. The quantitative estimate of drug-likeness (QED) is 0.176. The molecule has 3 heteroatoms. The molecule has 11 rings (SSSR count). The Morgan fingerprint density at radius 1 is 0.352 bits per heavy atom. The van der Waals surface area contributed by atoms with Gasteiger partial charge in [-0.3, -0.25) is 0 Å². The molecule has 3 heterocycles. The third kappa shape index (κ3) is 5.12. The lowest BCUT2D eigenvalue weighted by atomic mass is 9.99. The van der Waals surface area contributed by atoms with E-state index in [4.69, 9.17) is 4.42 Å². The number of aromatic nitrogens is 2. The summed E-state index contributed by atoms with van der Waals surface area (Å²) >= 11 is 0. The van der Waals surface area contributed by atoms with Crippen LogP contribution in [0, 0.1) is 0 Å². The van der Waals surface area contributed by atoms with Crippen LogP contribution in [0.25, 0.3) is 88.1 Å². The number of benzene rings is 8. The first-order valence-corrected chi connectivity index (χ1v) is 18.9. The van der Waals surface area contributed by atoms with Crippen LogP contribution < -0.4 is 0 Å². The van der Waals surface area contributed by atoms with Gasteiger partial charge in [0, 0.05) is 43.7 Å². The van der Waals surface area contributed by atoms with E-state index in [9.17, 15) is 0 Å². The van der Waals surface area contributed by atoms with Gasteiger partial charge >= 0.3 is 0 Å². The number of fused-ring (bicyclic) bond motifs is 9. The van der Waals surface area contributed by atoms with E-state index in [-0.39, 0.29) is 0 Å². The Morgan fingerprint density at radius 3 is 1.56 bits per heavy atom. The zero-order valence-corrected chi connectivity index (χ0v) is 30.3. The Hall–Kier alpha value is -6.84. The molecule has 0 aliphatic heterocycles. The molecule has 0 aliphatic carbocycles. The van der Waals surface area contributed by atoms with Crippen molar-refractivity contribution < 1.29 is 4.42 Å². The van der Waals surface area contributed by atoms with Gasteiger partial charge in [-0.25, -0.2) is 0 Å². The molecular formula is C51H38N2O. The van der Waals surface area contributed by atoms with Gasteiger partial charge in [0.25, 0.3) is 0 Å². The summed E-state index contributed by atoms with van der Waals surface area (Å²) in [5.74, 6) is 0. The van der Waals surface area contributed by atoms with E-state index >= 15 is 0 Å². The smallest absolute Gasteiger partial charge is 0.135 e. The highest BCUT2D eigenvalue weighted by Crippen LogP contribution is 2.39. The van der Waals surface area contributed by atoms with Gasteiger partial charge in [0.15, 0.2) is 0 Å². The van der Waals surface area contributed by atoms with Crippen molar-refractivity contribution in [2.75, 3.05) is 0 Å². The largest absolute Gasteiger partial charge is 0.456 e. The molecule has 8 aromatic carbocycles. The fourth-order valence-electron chi connectivity index (χ4n) is 8.33. The van der Waals surface area contributed by atoms with Crippen molar-refractivity contribution in [2.45, 2.75) is 20.3 Å². The summed E-state index contributed by atoms with van der Waals surface area (Å²) in [4.78, 5) is 0. The van der Waals surface area contributed by atoms with Crippen LogP contribution in [0.2, 0.25) is 0 Å². The topological polar surface area (TPSA) is 23.0 Å². The second-order valence-electron chi connectivity index (χ2n) is 13.8. The molecule has 0 atom stereocenters. The number of para-hydroxylation sites is 3. The molecule has 3 aromatic heterocycles. The molecule has 54 heavy (non-hydrogen) atoms. The van der Waals surface area contributed by atoms with Crippen molar-refractivity contribution in [1.29, 1.82) is 0 Å². The van der Waals surface area contributed by atoms with Crippen molar-refractivity contribution in [3.05, 3.63) is 193 Å². The van der Waals surface area contributed by atoms with E-state index in [0.717, 1.165) is 39.7 Å². The maximum absolute atomic E-state index is 6.42. The van der Waals surface area contributed by atoms with Crippen LogP contribution in [0.15, 0.2) is 186 Å². The third-order valence-corrected chi connectivity index (χ3v) is 10.7. The molecule has 0 bridgehead atoms. The lowest BCUT2D eigenvalue weighted by molar-refractivity contribution is 0.669. The predicted molar refractivity (Wildman–Crippen MR) is 228 cm³/mol. The Kier molecular flexibility index (Phi) is 7.66. The molecule has 0 N–H and O–H groups in total. The summed E-state index contributed by atoms with van der Waals surface area (Å²) < 4.78 is 11.2. The first-order chi connectivity index (χ1) is 26.8. The monoisotopic (exact) mass is 694 g/mol. The summed E-state index contributed by atoms with van der Waals surface area (Å²) in [5, 5.41) is 7.26. The molecule has 0 unspecified atom stereocenters. The van der Waals surface area contributed by atoms with Crippen molar-refractivity contribution >= 4 is 65.6 Å². The van der Waals surface area contributed by atoms with Crippen molar-refractivity contribution in [1.82, 2.24) is 9.13 Å². The predicted octanol–water partition coefficient (Wildman–Crippen LogP) is 14.1. The van der Waals surface area contributed by atoms with Crippen LogP contribution in [0.3, 0.4) is 0 Å². The fraction of sp³-hybridized carbons (Fsp3) is 0.0588. The van der Waals surface area contributed by atoms with Gasteiger partial charge in [-0.15, -0.1) is 0 Å². The minimum absolute atomic E-state index is 0.893. The number of furan rings is 1. The molecule has 0 saturated heterocycles. The van der Waals surface area contributed by atoms with Crippen molar-refractivity contribution in [3.8, 4) is 22.5 Å². The number of rotatable bonds is 5. The van der Waals surface area contributed by atoms with E-state index in [0.29, 0.717) is 0 Å². The molecule has 0 saturated carbocycles. The standard InChI is InChI=1S/C49H32N2O.C2H6/c1-3-11-32(12-4-1)27-33-19-23-46-40(28-33)41-29-34(20-24-47(41)50(46)36-13-5-2-6-14-36)35-21-25-48-42(30-35)43-31-37(22-26-49(43)52-48)51-44-17-9-7-15-38(44)39-16-8-10-18-45(39)51;1-2/h1-26,28-31H,27H2;1-2H3. The lowest BCUT2D eigenvalue weighted by Crippen LogP contribution is -1.93. The van der Waals surface area contributed by atoms with Gasteiger partial charge in [0.05, 0.1) is 22.1 Å². The molecule has 3 nitrogen and oxygen atoms in total. The summed E-state index contributed by atoms with van der Waals surface area (Å²) in [7, 11) is 0. The van der Waals surface area contributed by atoms with Crippen LogP contribution >= 0.6 is 0 Å². The van der Waals surface area contributed by atoms with Gasteiger partial charge in [-0.2, -0.15) is 0 Å². The Balaban J connectivity index is 0.00000178. The molecule has 0 radical (unpaired) electrons. The first kappa shape index (κ1) is 31.9. The lowest BCUT2D eigenvalue weighted by Gasteiger charge is -2.09. The summed E-state index contributed by atoms with van der Waals surface area (Å²) in [6, 6.07) is 65.8. The highest BCUT2D eigenvalue weighted by molar-refractivity contribution is 6.13. The second kappa shape index (κ2) is 13.0. The Morgan fingerprint density at radius 2 is 0.852 bits per heavy atom. The highest BCUT2D eigenvalue weighted by atomic mass is 16.3. The fourth-order valence-corrected chi connectivity index (χ4v) is 8.33. The zero-order chi connectivity index (χ0) is 36.2. The van der Waals surface area contributed by atoms with Gasteiger partial charge in [-0.05, 0) is 108 Å². The second-order valence-corrected chi connectivity index (χ2v) is 13.8. The summed E-state index contributed by atoms with van der Waals surface area (Å²) in [5.41, 5.74) is 13.9. The van der Waals surface area contributed by atoms with Gasteiger partial charge in [-0.1, -0.05) is 117 Å². The average molecular weight is 695 g/mol. The SMILES string of the molecule is CC.c1ccc(Cc2ccc3c(c2)c2cc(-c4ccc5oc6ccc(-n7c8ccccc8c8ccccc87)cc6c5c4)ccc2n3-c2ccccc2)cc1.